The van der Waals surface area contributed by atoms with Crippen LogP contribution in [0.5, 0.6) is 11.5 Å². The van der Waals surface area contributed by atoms with Crippen molar-refractivity contribution in [2.24, 2.45) is 7.05 Å². The molecule has 0 radical (unpaired) electrons. The molecular weight excluding hydrogens is 378 g/mol. The van der Waals surface area contributed by atoms with E-state index in [0.29, 0.717) is 34.6 Å². The first-order chi connectivity index (χ1) is 13.5. The number of anilines is 1. The predicted octanol–water partition coefficient (Wildman–Crippen LogP) is 3.16. The summed E-state index contributed by atoms with van der Waals surface area (Å²) in [5, 5.41) is 3.47. The Bertz CT molecular complexity index is 942. The van der Waals surface area contributed by atoms with Gasteiger partial charge in [-0.25, -0.2) is 0 Å². The zero-order valence-corrected chi connectivity index (χ0v) is 17.4. The third kappa shape index (κ3) is 3.87. The molecule has 28 heavy (non-hydrogen) atoms. The molecule has 0 saturated carbocycles. The lowest BCUT2D eigenvalue weighted by Gasteiger charge is -2.28. The smallest absolute Gasteiger partial charge is 0.279 e. The summed E-state index contributed by atoms with van der Waals surface area (Å²) in [4.78, 5) is 29.6. The Labute approximate surface area is 168 Å². The number of carbonyl (C=O) groups is 1. The van der Waals surface area contributed by atoms with Gasteiger partial charge in [-0.3, -0.25) is 9.59 Å². The number of rotatable bonds is 7. The van der Waals surface area contributed by atoms with Crippen LogP contribution in [0.25, 0.3) is 0 Å². The molecule has 1 amide bonds. The van der Waals surface area contributed by atoms with E-state index in [0.717, 1.165) is 17.7 Å². The molecule has 0 aliphatic carbocycles. The molecule has 2 aromatic rings. The van der Waals surface area contributed by atoms with Gasteiger partial charge in [0.2, 0.25) is 5.91 Å². The Hall–Kier alpha value is -2.48. The van der Waals surface area contributed by atoms with Crippen LogP contribution >= 0.6 is 11.8 Å². The van der Waals surface area contributed by atoms with Gasteiger partial charge >= 0.3 is 0 Å². The van der Waals surface area contributed by atoms with E-state index in [4.69, 9.17) is 9.47 Å². The van der Waals surface area contributed by atoms with Crippen molar-refractivity contribution in [3.63, 3.8) is 0 Å². The molecule has 1 aliphatic heterocycles. The van der Waals surface area contributed by atoms with E-state index in [2.05, 4.69) is 17.2 Å². The quantitative estimate of drug-likeness (QED) is 0.565. The number of nitrogens with zero attached hydrogens (tertiary/aromatic N) is 2. The third-order valence-corrected chi connectivity index (χ3v) is 5.86. The van der Waals surface area contributed by atoms with Crippen molar-refractivity contribution in [2.45, 2.75) is 37.8 Å². The summed E-state index contributed by atoms with van der Waals surface area (Å²) >= 11 is 1.51. The second-order valence-corrected chi connectivity index (χ2v) is 7.58. The molecule has 0 fully saturated rings. The molecule has 0 spiro atoms. The highest BCUT2D eigenvalue weighted by Crippen LogP contribution is 2.39. The third-order valence-electron chi connectivity index (χ3n) is 4.63. The molecule has 150 valence electrons. The highest BCUT2D eigenvalue weighted by molar-refractivity contribution is 7.99. The van der Waals surface area contributed by atoms with Crippen LogP contribution in [0.2, 0.25) is 0 Å². The molecule has 1 atom stereocenters. The number of benzene rings is 1. The van der Waals surface area contributed by atoms with Gasteiger partial charge in [-0.2, -0.15) is 4.98 Å². The molecule has 1 N–H and O–H groups in total. The van der Waals surface area contributed by atoms with Crippen LogP contribution in [-0.2, 0) is 11.8 Å². The van der Waals surface area contributed by atoms with E-state index in [1.165, 1.54) is 11.8 Å². The predicted molar refractivity (Wildman–Crippen MR) is 110 cm³/mol. The maximum absolute atomic E-state index is 12.9. The molecule has 7 nitrogen and oxygen atoms in total. The molecule has 1 aliphatic rings. The Morgan fingerprint density at radius 3 is 2.75 bits per heavy atom. The van der Waals surface area contributed by atoms with Crippen LogP contribution in [0.15, 0.2) is 28.2 Å². The number of thioether (sulfide) groups is 1. The van der Waals surface area contributed by atoms with Gasteiger partial charge in [-0.1, -0.05) is 24.8 Å². The number of methoxy groups -OCH3 is 1. The van der Waals surface area contributed by atoms with Gasteiger partial charge in [0, 0.05) is 25.1 Å². The van der Waals surface area contributed by atoms with Gasteiger partial charge in [0.1, 0.15) is 5.82 Å². The topological polar surface area (TPSA) is 82.5 Å². The number of nitrogens with one attached hydrogen (secondary N) is 1. The lowest BCUT2D eigenvalue weighted by Crippen LogP contribution is -2.33. The zero-order valence-electron chi connectivity index (χ0n) is 16.6. The first-order valence-electron chi connectivity index (χ1n) is 9.34. The van der Waals surface area contributed by atoms with E-state index >= 15 is 0 Å². The summed E-state index contributed by atoms with van der Waals surface area (Å²) < 4.78 is 12.8. The van der Waals surface area contributed by atoms with Gasteiger partial charge in [0.15, 0.2) is 16.7 Å². The molecule has 3 rings (SSSR count). The van der Waals surface area contributed by atoms with Crippen molar-refractivity contribution < 1.29 is 14.3 Å². The zero-order chi connectivity index (χ0) is 20.3. The van der Waals surface area contributed by atoms with E-state index in [1.54, 1.807) is 11.7 Å². The SMILES string of the molecule is CCCSc1nc(=O)c2c(n1C)NC(=O)C[C@@H]2c1ccc(OCC)c(OC)c1. The van der Waals surface area contributed by atoms with Crippen LogP contribution in [0.3, 0.4) is 0 Å². The summed E-state index contributed by atoms with van der Waals surface area (Å²) in [6.07, 6.45) is 1.15. The van der Waals surface area contributed by atoms with Gasteiger partial charge < -0.3 is 19.4 Å². The van der Waals surface area contributed by atoms with Gasteiger partial charge in [-0.05, 0) is 31.0 Å². The van der Waals surface area contributed by atoms with Crippen molar-refractivity contribution in [3.8, 4) is 11.5 Å². The summed E-state index contributed by atoms with van der Waals surface area (Å²) in [6, 6.07) is 5.52. The molecule has 1 aromatic carbocycles. The molecule has 0 bridgehead atoms. The van der Waals surface area contributed by atoms with Gasteiger partial charge in [-0.15, -0.1) is 0 Å². The Balaban J connectivity index is 2.10. The summed E-state index contributed by atoms with van der Waals surface area (Å²) in [7, 11) is 3.39. The number of aromatic nitrogens is 2. The normalized spacial score (nSPS) is 15.7. The van der Waals surface area contributed by atoms with Crippen molar-refractivity contribution in [1.82, 2.24) is 9.55 Å². The molecule has 2 heterocycles. The van der Waals surface area contributed by atoms with Crippen molar-refractivity contribution in [3.05, 3.63) is 39.7 Å². The summed E-state index contributed by atoms with van der Waals surface area (Å²) in [5.41, 5.74) is 1.03. The number of hydrogen-bond acceptors (Lipinski definition) is 6. The van der Waals surface area contributed by atoms with E-state index in [-0.39, 0.29) is 23.8 Å². The first kappa shape index (κ1) is 20.3. The number of hydrogen-bond donors (Lipinski definition) is 1. The minimum Gasteiger partial charge on any atom is -0.493 e. The number of carbonyl (C=O) groups excluding carboxylic acids is 1. The Kier molecular flexibility index (Phi) is 6.28. The lowest BCUT2D eigenvalue weighted by atomic mass is 9.86. The Morgan fingerprint density at radius 1 is 1.29 bits per heavy atom. The van der Waals surface area contributed by atoms with Gasteiger partial charge in [0.05, 0.1) is 19.3 Å². The highest BCUT2D eigenvalue weighted by Gasteiger charge is 2.32. The molecular formula is C20H25N3O4S. The average Bonchev–Trinajstić information content (AvgIpc) is 2.69. The van der Waals surface area contributed by atoms with Crippen LogP contribution < -0.4 is 20.3 Å². The molecule has 0 unspecified atom stereocenters. The standard InChI is InChI=1S/C20H25N3O4S/c1-5-9-28-20-22-19(25)17-13(11-16(24)21-18(17)23(20)3)12-7-8-14(27-6-2)15(10-12)26-4/h7-8,10,13H,5-6,9,11H2,1-4H3,(H,21,24)/t13-/m1/s1. The van der Waals surface area contributed by atoms with E-state index in [9.17, 15) is 9.59 Å². The lowest BCUT2D eigenvalue weighted by molar-refractivity contribution is -0.116. The minimum absolute atomic E-state index is 0.127. The largest absolute Gasteiger partial charge is 0.493 e. The van der Waals surface area contributed by atoms with Crippen molar-refractivity contribution in [2.75, 3.05) is 24.8 Å². The van der Waals surface area contributed by atoms with Crippen molar-refractivity contribution >= 4 is 23.5 Å². The molecule has 1 aromatic heterocycles. The second kappa shape index (κ2) is 8.68. The fourth-order valence-electron chi connectivity index (χ4n) is 3.32. The Morgan fingerprint density at radius 2 is 2.07 bits per heavy atom. The van der Waals surface area contributed by atoms with Crippen LogP contribution in [0.1, 0.15) is 43.7 Å². The number of ether oxygens (including phenoxy) is 2. The van der Waals surface area contributed by atoms with Crippen LogP contribution in [0.4, 0.5) is 5.82 Å². The van der Waals surface area contributed by atoms with E-state index < -0.39 is 0 Å². The summed E-state index contributed by atoms with van der Waals surface area (Å²) in [5.74, 6) is 2.07. The van der Waals surface area contributed by atoms with Gasteiger partial charge in [0.25, 0.3) is 5.56 Å². The monoisotopic (exact) mass is 403 g/mol. The van der Waals surface area contributed by atoms with Crippen LogP contribution in [-0.4, -0.2) is 34.9 Å². The van der Waals surface area contributed by atoms with Crippen molar-refractivity contribution in [1.29, 1.82) is 0 Å². The average molecular weight is 404 g/mol. The highest BCUT2D eigenvalue weighted by atomic mass is 32.2. The number of amides is 1. The molecule has 8 heteroatoms. The fraction of sp³-hybridized carbons (Fsp3) is 0.450. The summed E-state index contributed by atoms with van der Waals surface area (Å²) in [6.45, 7) is 4.49. The minimum atomic E-state index is -0.384. The van der Waals surface area contributed by atoms with Crippen LogP contribution in [0, 0.1) is 0 Å². The second-order valence-electron chi connectivity index (χ2n) is 6.52. The first-order valence-corrected chi connectivity index (χ1v) is 10.3. The molecule has 0 saturated heterocycles. The van der Waals surface area contributed by atoms with E-state index in [1.807, 2.05) is 32.2 Å². The number of fused-ring (bicyclic) bond motifs is 1. The fourth-order valence-corrected chi connectivity index (χ4v) is 4.14. The maximum Gasteiger partial charge on any atom is 0.279 e. The maximum atomic E-state index is 12.9.